The minimum absolute atomic E-state index is 0. The fourth-order valence-corrected chi connectivity index (χ4v) is 1.24. The predicted molar refractivity (Wildman–Crippen MR) is 58.7 cm³/mol. The van der Waals surface area contributed by atoms with E-state index in [1.807, 2.05) is 19.9 Å². The molecule has 0 unspecified atom stereocenters. The van der Waals surface area contributed by atoms with Gasteiger partial charge in [0.1, 0.15) is 11.5 Å². The number of nitrogens with two attached hydrogens (primary N) is 1. The van der Waals surface area contributed by atoms with Crippen LogP contribution < -0.4 is 5.73 Å². The Bertz CT molecular complexity index is 254. The molecule has 0 saturated heterocycles. The molecule has 1 heterocycles. The molecule has 14 heavy (non-hydrogen) atoms. The molecule has 0 fully saturated rings. The van der Waals surface area contributed by atoms with Crippen molar-refractivity contribution in [2.24, 2.45) is 5.73 Å². The molecule has 3 nitrogen and oxygen atoms in total. The average Bonchev–Trinajstić information content (AvgIpc) is 2.43. The van der Waals surface area contributed by atoms with Crippen molar-refractivity contribution in [2.75, 3.05) is 6.61 Å². The van der Waals surface area contributed by atoms with Crippen molar-refractivity contribution in [2.45, 2.75) is 32.7 Å². The molecule has 1 rings (SSSR count). The lowest BCUT2D eigenvalue weighted by molar-refractivity contribution is 0.276. The van der Waals surface area contributed by atoms with Gasteiger partial charge in [-0.15, -0.1) is 12.4 Å². The maximum absolute atomic E-state index is 8.64. The molecule has 0 aliphatic heterocycles. The molecular weight excluding hydrogens is 202 g/mol. The Morgan fingerprint density at radius 2 is 2.14 bits per heavy atom. The molecule has 1 aromatic rings. The van der Waals surface area contributed by atoms with Gasteiger partial charge < -0.3 is 15.3 Å². The second kappa shape index (κ2) is 6.06. The molecule has 0 aliphatic carbocycles. The maximum Gasteiger partial charge on any atom is 0.121 e. The Labute approximate surface area is 90.7 Å². The molecule has 0 aromatic carbocycles. The second-order valence-corrected chi connectivity index (χ2v) is 3.36. The van der Waals surface area contributed by atoms with E-state index in [1.54, 1.807) is 0 Å². The Morgan fingerprint density at radius 1 is 1.50 bits per heavy atom. The van der Waals surface area contributed by atoms with Crippen molar-refractivity contribution in [1.82, 2.24) is 0 Å². The van der Waals surface area contributed by atoms with Crippen LogP contribution in [0.5, 0.6) is 0 Å². The van der Waals surface area contributed by atoms with Gasteiger partial charge in [0.25, 0.3) is 0 Å². The lowest BCUT2D eigenvalue weighted by Gasteiger charge is -2.06. The second-order valence-electron chi connectivity index (χ2n) is 3.36. The molecule has 1 atom stereocenters. The first-order valence-corrected chi connectivity index (χ1v) is 4.58. The molecule has 0 amide bonds. The minimum Gasteiger partial charge on any atom is -0.464 e. The number of aryl methyl sites for hydroxylation is 2. The van der Waals surface area contributed by atoms with E-state index < -0.39 is 0 Å². The Morgan fingerprint density at radius 3 is 2.57 bits per heavy atom. The van der Waals surface area contributed by atoms with Crippen LogP contribution in [-0.4, -0.2) is 11.7 Å². The van der Waals surface area contributed by atoms with Crippen LogP contribution >= 0.6 is 12.4 Å². The molecule has 0 bridgehead atoms. The van der Waals surface area contributed by atoms with Gasteiger partial charge in [-0.05, 0) is 38.3 Å². The highest BCUT2D eigenvalue weighted by molar-refractivity contribution is 5.85. The molecule has 0 radical (unpaired) electrons. The predicted octanol–water partition coefficient (Wildman–Crippen LogP) is 2.09. The van der Waals surface area contributed by atoms with Gasteiger partial charge in [0.2, 0.25) is 0 Å². The number of rotatable bonds is 4. The van der Waals surface area contributed by atoms with E-state index in [0.29, 0.717) is 0 Å². The molecule has 1 aromatic heterocycles. The number of furan rings is 1. The number of hydrogen-bond donors (Lipinski definition) is 2. The summed E-state index contributed by atoms with van der Waals surface area (Å²) >= 11 is 0. The third-order valence-corrected chi connectivity index (χ3v) is 2.22. The van der Waals surface area contributed by atoms with E-state index >= 15 is 0 Å². The Hall–Kier alpha value is -0.510. The standard InChI is InChI=1S/C10H17NO2.ClH/c1-7-6-10(13-8(7)2)9(11)4-3-5-12;/h6,9,12H,3-5,11H2,1-2H3;1H/t9-;/m0./s1. The lowest BCUT2D eigenvalue weighted by atomic mass is 10.1. The molecule has 3 N–H and O–H groups in total. The SMILES string of the molecule is Cc1cc([C@@H](N)CCCO)oc1C.Cl. The topological polar surface area (TPSA) is 59.4 Å². The average molecular weight is 220 g/mol. The van der Waals surface area contributed by atoms with Crippen molar-refractivity contribution in [3.8, 4) is 0 Å². The first-order valence-electron chi connectivity index (χ1n) is 4.58. The normalized spacial score (nSPS) is 12.3. The summed E-state index contributed by atoms with van der Waals surface area (Å²) in [5.41, 5.74) is 6.99. The molecule has 0 aliphatic rings. The molecule has 4 heteroatoms. The van der Waals surface area contributed by atoms with Crippen molar-refractivity contribution >= 4 is 12.4 Å². The maximum atomic E-state index is 8.64. The number of hydrogen-bond acceptors (Lipinski definition) is 3. The largest absolute Gasteiger partial charge is 0.464 e. The van der Waals surface area contributed by atoms with Crippen LogP contribution in [-0.2, 0) is 0 Å². The minimum atomic E-state index is -0.0838. The van der Waals surface area contributed by atoms with Crippen LogP contribution in [0.2, 0.25) is 0 Å². The van der Waals surface area contributed by atoms with E-state index in [9.17, 15) is 0 Å². The van der Waals surface area contributed by atoms with E-state index in [-0.39, 0.29) is 25.1 Å². The van der Waals surface area contributed by atoms with Gasteiger partial charge in [-0.25, -0.2) is 0 Å². The van der Waals surface area contributed by atoms with Crippen molar-refractivity contribution in [1.29, 1.82) is 0 Å². The van der Waals surface area contributed by atoms with Crippen LogP contribution in [0.3, 0.4) is 0 Å². The smallest absolute Gasteiger partial charge is 0.121 e. The fourth-order valence-electron chi connectivity index (χ4n) is 1.24. The monoisotopic (exact) mass is 219 g/mol. The summed E-state index contributed by atoms with van der Waals surface area (Å²) in [7, 11) is 0. The van der Waals surface area contributed by atoms with E-state index in [4.69, 9.17) is 15.3 Å². The summed E-state index contributed by atoms with van der Waals surface area (Å²) in [6.45, 7) is 4.12. The van der Waals surface area contributed by atoms with Crippen LogP contribution in [0.15, 0.2) is 10.5 Å². The highest BCUT2D eigenvalue weighted by Gasteiger charge is 2.11. The fraction of sp³-hybridized carbons (Fsp3) is 0.600. The van der Waals surface area contributed by atoms with Gasteiger partial charge in [-0.1, -0.05) is 0 Å². The van der Waals surface area contributed by atoms with E-state index in [2.05, 4.69) is 0 Å². The molecule has 0 saturated carbocycles. The first kappa shape index (κ1) is 13.5. The Balaban J connectivity index is 0.00000169. The van der Waals surface area contributed by atoms with Crippen LogP contribution in [0.25, 0.3) is 0 Å². The van der Waals surface area contributed by atoms with E-state index in [0.717, 1.165) is 29.9 Å². The van der Waals surface area contributed by atoms with Gasteiger partial charge in [0, 0.05) is 6.61 Å². The molecular formula is C10H18ClNO2. The van der Waals surface area contributed by atoms with Crippen LogP contribution in [0.4, 0.5) is 0 Å². The van der Waals surface area contributed by atoms with Gasteiger partial charge in [-0.2, -0.15) is 0 Å². The van der Waals surface area contributed by atoms with E-state index in [1.165, 1.54) is 0 Å². The van der Waals surface area contributed by atoms with Crippen LogP contribution in [0, 0.1) is 13.8 Å². The third-order valence-electron chi connectivity index (χ3n) is 2.22. The zero-order valence-corrected chi connectivity index (χ0v) is 9.43. The highest BCUT2D eigenvalue weighted by Crippen LogP contribution is 2.21. The third kappa shape index (κ3) is 3.33. The zero-order chi connectivity index (χ0) is 9.84. The number of aliphatic hydroxyl groups excluding tert-OH is 1. The first-order chi connectivity index (χ1) is 6.15. The summed E-state index contributed by atoms with van der Waals surface area (Å²) < 4.78 is 5.47. The number of halogens is 1. The summed E-state index contributed by atoms with van der Waals surface area (Å²) in [5.74, 6) is 1.75. The summed E-state index contributed by atoms with van der Waals surface area (Å²) in [6.07, 6.45) is 1.49. The molecule has 0 spiro atoms. The lowest BCUT2D eigenvalue weighted by Crippen LogP contribution is -2.09. The Kier molecular flexibility index (Phi) is 5.84. The summed E-state index contributed by atoms with van der Waals surface area (Å²) in [4.78, 5) is 0. The quantitative estimate of drug-likeness (QED) is 0.815. The number of aliphatic hydroxyl groups is 1. The van der Waals surface area contributed by atoms with Crippen LogP contribution in [0.1, 0.15) is 36.0 Å². The van der Waals surface area contributed by atoms with Gasteiger partial charge in [-0.3, -0.25) is 0 Å². The summed E-state index contributed by atoms with van der Waals surface area (Å²) in [5, 5.41) is 8.64. The molecule has 82 valence electrons. The van der Waals surface area contributed by atoms with Gasteiger partial charge in [0.05, 0.1) is 6.04 Å². The van der Waals surface area contributed by atoms with Gasteiger partial charge >= 0.3 is 0 Å². The summed E-state index contributed by atoms with van der Waals surface area (Å²) in [6, 6.07) is 1.89. The van der Waals surface area contributed by atoms with Crippen molar-refractivity contribution in [3.05, 3.63) is 23.2 Å². The van der Waals surface area contributed by atoms with Crippen molar-refractivity contribution < 1.29 is 9.52 Å². The van der Waals surface area contributed by atoms with Crippen molar-refractivity contribution in [3.63, 3.8) is 0 Å². The highest BCUT2D eigenvalue weighted by atomic mass is 35.5. The van der Waals surface area contributed by atoms with Gasteiger partial charge in [0.15, 0.2) is 0 Å². The zero-order valence-electron chi connectivity index (χ0n) is 8.62.